The molecule has 110 valence electrons. The summed E-state index contributed by atoms with van der Waals surface area (Å²) < 4.78 is 0.107. The first-order valence-corrected chi connectivity index (χ1v) is 12.7. The summed E-state index contributed by atoms with van der Waals surface area (Å²) in [6, 6.07) is 19.3. The van der Waals surface area contributed by atoms with E-state index in [1.807, 2.05) is 60.7 Å². The Morgan fingerprint density at radius 2 is 1.00 bits per heavy atom. The Labute approximate surface area is 141 Å². The predicted octanol–water partition coefficient (Wildman–Crippen LogP) is 2.79. The fourth-order valence-electron chi connectivity index (χ4n) is 1.59. The molecular weight excluding hydrogens is 406 g/mol. The number of hydrogen-bond donors (Lipinski definition) is 0. The van der Waals surface area contributed by atoms with Crippen LogP contribution in [0, 0.1) is 0 Å². The van der Waals surface area contributed by atoms with Crippen LogP contribution in [-0.4, -0.2) is 35.6 Å². The van der Waals surface area contributed by atoms with Crippen LogP contribution in [0.4, 0.5) is 0 Å². The van der Waals surface area contributed by atoms with Gasteiger partial charge in [-0.1, -0.05) is 0 Å². The summed E-state index contributed by atoms with van der Waals surface area (Å²) in [6.45, 7) is 0. The normalized spacial score (nSPS) is 11.1. The SMILES string of the molecule is O=C(/C=C/c1ccccc1)[Se][Se]C(=O)/C=C/c1ccccc1. The van der Waals surface area contributed by atoms with Crippen molar-refractivity contribution in [2.45, 2.75) is 0 Å². The monoisotopic (exact) mass is 422 g/mol. The van der Waals surface area contributed by atoms with Crippen LogP contribution in [0.25, 0.3) is 12.2 Å². The van der Waals surface area contributed by atoms with Crippen molar-refractivity contribution in [3.63, 3.8) is 0 Å². The Balaban J connectivity index is 1.77. The summed E-state index contributed by atoms with van der Waals surface area (Å²) in [5, 5.41) is 0. The Morgan fingerprint density at radius 1 is 0.636 bits per heavy atom. The van der Waals surface area contributed by atoms with Crippen LogP contribution >= 0.6 is 0 Å². The third-order valence-corrected chi connectivity index (χ3v) is 8.55. The van der Waals surface area contributed by atoms with Gasteiger partial charge in [0.25, 0.3) is 0 Å². The van der Waals surface area contributed by atoms with Gasteiger partial charge < -0.3 is 0 Å². The molecule has 0 unspecified atom stereocenters. The van der Waals surface area contributed by atoms with Crippen LogP contribution in [0.3, 0.4) is 0 Å². The van der Waals surface area contributed by atoms with Crippen LogP contribution in [0.1, 0.15) is 11.1 Å². The van der Waals surface area contributed by atoms with E-state index in [4.69, 9.17) is 0 Å². The van der Waals surface area contributed by atoms with Gasteiger partial charge >= 0.3 is 141 Å². The van der Waals surface area contributed by atoms with E-state index in [2.05, 4.69) is 0 Å². The second-order valence-electron chi connectivity index (χ2n) is 4.29. The third kappa shape index (κ3) is 6.38. The molecule has 22 heavy (non-hydrogen) atoms. The van der Waals surface area contributed by atoms with Crippen molar-refractivity contribution in [2.24, 2.45) is 0 Å². The van der Waals surface area contributed by atoms with Crippen LogP contribution < -0.4 is 0 Å². The van der Waals surface area contributed by atoms with E-state index in [0.717, 1.165) is 11.1 Å². The van der Waals surface area contributed by atoms with Crippen LogP contribution in [-0.2, 0) is 9.59 Å². The molecule has 0 N–H and O–H groups in total. The summed E-state index contributed by atoms with van der Waals surface area (Å²) in [7, 11) is 0. The molecule has 0 aliphatic carbocycles. The molecule has 2 aromatic carbocycles. The molecule has 0 atom stereocenters. The molecule has 4 heteroatoms. The molecule has 2 nitrogen and oxygen atoms in total. The molecule has 0 aromatic heterocycles. The molecule has 0 aliphatic heterocycles. The molecule has 0 spiro atoms. The number of benzene rings is 2. The maximum atomic E-state index is 11.8. The minimum atomic E-state index is -0.281. The van der Waals surface area contributed by atoms with Gasteiger partial charge in [-0.25, -0.2) is 0 Å². The fourth-order valence-corrected chi connectivity index (χ4v) is 5.46. The summed E-state index contributed by atoms with van der Waals surface area (Å²) >= 11 is -0.563. The molecule has 0 saturated carbocycles. The average molecular weight is 420 g/mol. The van der Waals surface area contributed by atoms with Gasteiger partial charge in [-0.15, -0.1) is 0 Å². The van der Waals surface area contributed by atoms with Crippen molar-refractivity contribution >= 4 is 47.8 Å². The molecule has 0 saturated heterocycles. The fraction of sp³-hybridized carbons (Fsp3) is 0. The van der Waals surface area contributed by atoms with Gasteiger partial charge in [0, 0.05) is 0 Å². The summed E-state index contributed by atoms with van der Waals surface area (Å²) in [6.07, 6.45) is 6.74. The van der Waals surface area contributed by atoms with Gasteiger partial charge in [-0.2, -0.15) is 0 Å². The zero-order valence-electron chi connectivity index (χ0n) is 11.7. The molecule has 0 amide bonds. The second kappa shape index (κ2) is 9.34. The van der Waals surface area contributed by atoms with Gasteiger partial charge in [-0.05, 0) is 0 Å². The van der Waals surface area contributed by atoms with Gasteiger partial charge in [0.15, 0.2) is 0 Å². The van der Waals surface area contributed by atoms with E-state index in [1.165, 1.54) is 0 Å². The number of rotatable bonds is 7. The van der Waals surface area contributed by atoms with Gasteiger partial charge in [0.05, 0.1) is 0 Å². The van der Waals surface area contributed by atoms with E-state index in [1.54, 1.807) is 24.3 Å². The van der Waals surface area contributed by atoms with E-state index in [0.29, 0.717) is 0 Å². The van der Waals surface area contributed by atoms with Crippen LogP contribution in [0.15, 0.2) is 72.8 Å². The Hall–Kier alpha value is -1.70. The Bertz CT molecular complexity index is 615. The van der Waals surface area contributed by atoms with E-state index in [-0.39, 0.29) is 35.6 Å². The van der Waals surface area contributed by atoms with Crippen molar-refractivity contribution < 1.29 is 9.59 Å². The Morgan fingerprint density at radius 3 is 1.36 bits per heavy atom. The number of carbonyl (C=O) groups excluding carboxylic acids is 2. The topological polar surface area (TPSA) is 34.1 Å². The van der Waals surface area contributed by atoms with Crippen molar-refractivity contribution in [3.05, 3.63) is 83.9 Å². The number of hydrogen-bond acceptors (Lipinski definition) is 2. The molecule has 0 aliphatic rings. The van der Waals surface area contributed by atoms with E-state index >= 15 is 0 Å². The molecule has 2 aromatic rings. The van der Waals surface area contributed by atoms with Crippen LogP contribution in [0.2, 0.25) is 0 Å². The predicted molar refractivity (Wildman–Crippen MR) is 92.5 cm³/mol. The zero-order valence-corrected chi connectivity index (χ0v) is 15.1. The van der Waals surface area contributed by atoms with Crippen molar-refractivity contribution in [2.75, 3.05) is 0 Å². The van der Waals surface area contributed by atoms with Crippen molar-refractivity contribution in [3.8, 4) is 0 Å². The molecule has 0 radical (unpaired) electrons. The van der Waals surface area contributed by atoms with Crippen molar-refractivity contribution in [1.82, 2.24) is 0 Å². The quantitative estimate of drug-likeness (QED) is 0.510. The van der Waals surface area contributed by atoms with Gasteiger partial charge in [0.1, 0.15) is 0 Å². The zero-order chi connectivity index (χ0) is 15.6. The van der Waals surface area contributed by atoms with E-state index < -0.39 is 0 Å². The number of carbonyl (C=O) groups is 2. The second-order valence-corrected chi connectivity index (χ2v) is 10.3. The average Bonchev–Trinajstić information content (AvgIpc) is 2.58. The molecule has 0 heterocycles. The molecule has 2 rings (SSSR count). The van der Waals surface area contributed by atoms with Gasteiger partial charge in [0.2, 0.25) is 0 Å². The first kappa shape index (κ1) is 16.7. The first-order valence-electron chi connectivity index (χ1n) is 6.63. The van der Waals surface area contributed by atoms with Gasteiger partial charge in [-0.3, -0.25) is 0 Å². The third-order valence-electron chi connectivity index (χ3n) is 2.63. The summed E-state index contributed by atoms with van der Waals surface area (Å²) in [5.74, 6) is 0. The van der Waals surface area contributed by atoms with Crippen molar-refractivity contribution in [1.29, 1.82) is 0 Å². The molecule has 0 fully saturated rings. The summed E-state index contributed by atoms with van der Waals surface area (Å²) in [5.41, 5.74) is 1.99. The molecular formula is C18H14O2Se2. The summed E-state index contributed by atoms with van der Waals surface area (Å²) in [4.78, 5) is 23.6. The number of allylic oxidation sites excluding steroid dienone is 2. The Kier molecular flexibility index (Phi) is 7.08. The standard InChI is InChI=1S/C18H14O2Se2/c19-17(13-11-15-7-3-1-4-8-15)21-22-18(20)14-12-16-9-5-2-6-10-16/h1-14H/b13-11+,14-12+. The first-order chi connectivity index (χ1) is 10.7. The minimum absolute atomic E-state index is 0.0535. The van der Waals surface area contributed by atoms with E-state index in [9.17, 15) is 9.59 Å². The maximum absolute atomic E-state index is 11.8. The molecule has 0 bridgehead atoms. The van der Waals surface area contributed by atoms with Crippen LogP contribution in [0.5, 0.6) is 0 Å².